The summed E-state index contributed by atoms with van der Waals surface area (Å²) in [7, 11) is 0. The third-order valence-electron chi connectivity index (χ3n) is 1.09. The first kappa shape index (κ1) is 17.1. The minimum atomic E-state index is 0. The predicted octanol–water partition coefficient (Wildman–Crippen LogP) is 2.78. The molecule has 0 saturated heterocycles. The standard InChI is InChI=1S/C7H9.2ClH.Hf/c1-6-3-4-7(2)5-6;;;/h3-4,6H,1-2H3;2*1H;/q-1;;;. The van der Waals surface area contributed by atoms with Crippen LogP contribution in [0.15, 0.2) is 17.7 Å². The van der Waals surface area contributed by atoms with Gasteiger partial charge in [0.2, 0.25) is 0 Å². The van der Waals surface area contributed by atoms with Crippen molar-refractivity contribution in [2.45, 2.75) is 13.8 Å². The Hall–Kier alpha value is 0.930. The molecule has 0 N–H and O–H groups in total. The molecule has 0 aromatic carbocycles. The zero-order valence-electron chi connectivity index (χ0n) is 6.05. The number of rotatable bonds is 0. The number of halogens is 2. The zero-order valence-corrected chi connectivity index (χ0v) is 11.3. The van der Waals surface area contributed by atoms with Gasteiger partial charge in [0.15, 0.2) is 0 Å². The fourth-order valence-electron chi connectivity index (χ4n) is 0.744. The second-order valence-electron chi connectivity index (χ2n) is 1.98. The summed E-state index contributed by atoms with van der Waals surface area (Å²) in [5.74, 6) is 0.556. The molecule has 0 heterocycles. The van der Waals surface area contributed by atoms with Crippen LogP contribution in [0.2, 0.25) is 0 Å². The van der Waals surface area contributed by atoms with Gasteiger partial charge in [-0.1, -0.05) is 19.8 Å². The minimum absolute atomic E-state index is 0. The molecule has 1 aliphatic rings. The molecule has 3 heteroatoms. The molecule has 0 spiro atoms. The largest absolute Gasteiger partial charge is 0.267 e. The van der Waals surface area contributed by atoms with Crippen LogP contribution in [-0.4, -0.2) is 0 Å². The van der Waals surface area contributed by atoms with Crippen LogP contribution in [0, 0.1) is 12.0 Å². The molecule has 10 heavy (non-hydrogen) atoms. The van der Waals surface area contributed by atoms with Crippen LogP contribution < -0.4 is 0 Å². The fourth-order valence-corrected chi connectivity index (χ4v) is 0.744. The summed E-state index contributed by atoms with van der Waals surface area (Å²) in [4.78, 5) is 0. The number of hydrogen-bond acceptors (Lipinski definition) is 0. The molecule has 0 nitrogen and oxygen atoms in total. The summed E-state index contributed by atoms with van der Waals surface area (Å²) in [5, 5.41) is 0. The first-order valence-corrected chi connectivity index (χ1v) is 2.57. The topological polar surface area (TPSA) is 0 Å². The first-order chi connectivity index (χ1) is 3.29. The molecule has 1 unspecified atom stereocenters. The van der Waals surface area contributed by atoms with Gasteiger partial charge in [-0.05, 0) is 0 Å². The van der Waals surface area contributed by atoms with E-state index in [9.17, 15) is 0 Å². The average molecular weight is 345 g/mol. The third kappa shape index (κ3) is 5.70. The van der Waals surface area contributed by atoms with E-state index in [1.807, 2.05) is 0 Å². The van der Waals surface area contributed by atoms with E-state index < -0.39 is 0 Å². The van der Waals surface area contributed by atoms with E-state index in [-0.39, 0.29) is 50.7 Å². The Morgan fingerprint density at radius 1 is 1.40 bits per heavy atom. The summed E-state index contributed by atoms with van der Waals surface area (Å²) < 4.78 is 0. The van der Waals surface area contributed by atoms with Crippen LogP contribution in [0.3, 0.4) is 0 Å². The van der Waals surface area contributed by atoms with E-state index >= 15 is 0 Å². The van der Waals surface area contributed by atoms with E-state index in [1.165, 1.54) is 5.57 Å². The van der Waals surface area contributed by atoms with Gasteiger partial charge in [0.1, 0.15) is 0 Å². The number of hydrogen-bond donors (Lipinski definition) is 0. The van der Waals surface area contributed by atoms with Crippen LogP contribution in [0.25, 0.3) is 0 Å². The Morgan fingerprint density at radius 2 is 1.90 bits per heavy atom. The Labute approximate surface area is 93.8 Å². The van der Waals surface area contributed by atoms with Gasteiger partial charge in [0, 0.05) is 25.8 Å². The zero-order chi connectivity index (χ0) is 5.28. The van der Waals surface area contributed by atoms with Crippen molar-refractivity contribution in [2.75, 3.05) is 0 Å². The summed E-state index contributed by atoms with van der Waals surface area (Å²) in [6, 6.07) is 0. The molecule has 0 radical (unpaired) electrons. The molecule has 0 aliphatic heterocycles. The number of allylic oxidation sites excluding steroid dienone is 4. The van der Waals surface area contributed by atoms with Crippen LogP contribution >= 0.6 is 24.8 Å². The Morgan fingerprint density at radius 3 is 2.00 bits per heavy atom. The Balaban J connectivity index is -0.000000163. The Bertz CT molecular complexity index is 130. The second kappa shape index (κ2) is 8.03. The van der Waals surface area contributed by atoms with E-state index in [0.717, 1.165) is 0 Å². The van der Waals surface area contributed by atoms with Gasteiger partial charge in [0.25, 0.3) is 0 Å². The Kier molecular flexibility index (Phi) is 13.8. The van der Waals surface area contributed by atoms with Crippen LogP contribution in [-0.2, 0) is 25.8 Å². The van der Waals surface area contributed by atoms with E-state index in [0.29, 0.717) is 5.92 Å². The second-order valence-corrected chi connectivity index (χ2v) is 1.98. The van der Waals surface area contributed by atoms with Crippen LogP contribution in [0.5, 0.6) is 0 Å². The molecule has 0 bridgehead atoms. The maximum atomic E-state index is 3.22. The van der Waals surface area contributed by atoms with Gasteiger partial charge in [-0.25, -0.2) is 11.6 Å². The predicted molar refractivity (Wildman–Crippen MR) is 45.2 cm³/mol. The van der Waals surface area contributed by atoms with Gasteiger partial charge in [-0.15, -0.1) is 24.8 Å². The van der Waals surface area contributed by atoms with Crippen molar-refractivity contribution in [1.29, 1.82) is 0 Å². The smallest absolute Gasteiger partial charge is 0 e. The van der Waals surface area contributed by atoms with Gasteiger partial charge in [-0.3, -0.25) is 6.08 Å². The maximum Gasteiger partial charge on any atom is 0 e. The summed E-state index contributed by atoms with van der Waals surface area (Å²) in [6.45, 7) is 4.20. The molecule has 0 amide bonds. The van der Waals surface area contributed by atoms with Crippen molar-refractivity contribution in [3.05, 3.63) is 23.8 Å². The molecule has 0 aromatic heterocycles. The maximum absolute atomic E-state index is 3.22. The molecule has 0 aromatic rings. The van der Waals surface area contributed by atoms with Crippen molar-refractivity contribution < 1.29 is 25.8 Å². The monoisotopic (exact) mass is 345 g/mol. The van der Waals surface area contributed by atoms with Crippen LogP contribution in [0.4, 0.5) is 0 Å². The third-order valence-corrected chi connectivity index (χ3v) is 1.09. The van der Waals surface area contributed by atoms with Gasteiger partial charge in [0.05, 0.1) is 0 Å². The molecule has 58 valence electrons. The SMILES string of the molecule is CC1=[C-]C(C)C=C1.Cl.Cl.[Hf]. The summed E-state index contributed by atoms with van der Waals surface area (Å²) in [5.41, 5.74) is 1.27. The minimum Gasteiger partial charge on any atom is -0.267 e. The van der Waals surface area contributed by atoms with Crippen LogP contribution in [0.1, 0.15) is 13.8 Å². The summed E-state index contributed by atoms with van der Waals surface area (Å²) in [6.07, 6.45) is 7.47. The average Bonchev–Trinajstić information content (AvgIpc) is 1.87. The van der Waals surface area contributed by atoms with Crippen molar-refractivity contribution >= 4 is 24.8 Å². The fraction of sp³-hybridized carbons (Fsp3) is 0.429. The summed E-state index contributed by atoms with van der Waals surface area (Å²) >= 11 is 0. The van der Waals surface area contributed by atoms with E-state index in [2.05, 4.69) is 32.1 Å². The van der Waals surface area contributed by atoms with Gasteiger partial charge in [-0.2, -0.15) is 6.08 Å². The van der Waals surface area contributed by atoms with Crippen molar-refractivity contribution in [1.82, 2.24) is 0 Å². The molecule has 1 atom stereocenters. The van der Waals surface area contributed by atoms with Gasteiger partial charge < -0.3 is 0 Å². The molecule has 1 aliphatic carbocycles. The van der Waals surface area contributed by atoms with Gasteiger partial charge >= 0.3 is 0 Å². The van der Waals surface area contributed by atoms with Crippen molar-refractivity contribution in [2.24, 2.45) is 5.92 Å². The van der Waals surface area contributed by atoms with E-state index in [4.69, 9.17) is 0 Å². The molecule has 0 saturated carbocycles. The normalized spacial score (nSPS) is 19.8. The molecule has 1 rings (SSSR count). The van der Waals surface area contributed by atoms with E-state index in [1.54, 1.807) is 0 Å². The van der Waals surface area contributed by atoms with Crippen molar-refractivity contribution in [3.8, 4) is 0 Å². The molecule has 0 fully saturated rings. The molecular formula is C7H11Cl2Hf-. The first-order valence-electron chi connectivity index (χ1n) is 2.57. The van der Waals surface area contributed by atoms with Crippen molar-refractivity contribution in [3.63, 3.8) is 0 Å². The molecular weight excluding hydrogens is 333 g/mol. The quantitative estimate of drug-likeness (QED) is 0.468.